The number of rotatable bonds is 5. The van der Waals surface area contributed by atoms with Crippen molar-refractivity contribution in [3.63, 3.8) is 0 Å². The molecule has 0 unspecified atom stereocenters. The Morgan fingerprint density at radius 3 is 2.62 bits per heavy atom. The normalized spacial score (nSPS) is 22.7. The van der Waals surface area contributed by atoms with Gasteiger partial charge in [0.05, 0.1) is 0 Å². The third-order valence-electron chi connectivity index (χ3n) is 4.27. The van der Waals surface area contributed by atoms with Crippen LogP contribution in [0.2, 0.25) is 0 Å². The topological polar surface area (TPSA) is 82.8 Å². The lowest BCUT2D eigenvalue weighted by Gasteiger charge is -2.27. The first kappa shape index (κ1) is 15.9. The highest BCUT2D eigenvalue weighted by Gasteiger charge is 2.24. The lowest BCUT2D eigenvalue weighted by Crippen LogP contribution is -2.31. The first-order chi connectivity index (χ1) is 10.1. The summed E-state index contributed by atoms with van der Waals surface area (Å²) in [5, 5.41) is 8.95. The van der Waals surface area contributed by atoms with Gasteiger partial charge in [-0.3, -0.25) is 0 Å². The molecule has 21 heavy (non-hydrogen) atoms. The van der Waals surface area contributed by atoms with Crippen molar-refractivity contribution in [3.05, 3.63) is 24.0 Å². The molecule has 114 valence electrons. The Morgan fingerprint density at radius 1 is 1.33 bits per heavy atom. The fourth-order valence-electron chi connectivity index (χ4n) is 2.84. The molecule has 2 rings (SSSR count). The van der Waals surface area contributed by atoms with E-state index in [1.165, 1.54) is 37.6 Å². The molecule has 1 heterocycles. The molecule has 1 N–H and O–H groups in total. The molecular weight excluding hydrogens is 286 g/mol. The van der Waals surface area contributed by atoms with E-state index < -0.39 is 10.0 Å². The molecule has 0 spiro atoms. The molecule has 1 aromatic rings. The third-order valence-corrected chi connectivity index (χ3v) is 5.73. The average Bonchev–Trinajstić information content (AvgIpc) is 2.53. The van der Waals surface area contributed by atoms with Crippen LogP contribution in [0.25, 0.3) is 0 Å². The van der Waals surface area contributed by atoms with Gasteiger partial charge in [0.2, 0.25) is 10.0 Å². The van der Waals surface area contributed by atoms with Gasteiger partial charge >= 0.3 is 0 Å². The number of nitrogens with zero attached hydrogens (tertiary/aromatic N) is 2. The molecule has 1 saturated carbocycles. The molecule has 0 radical (unpaired) electrons. The van der Waals surface area contributed by atoms with Crippen molar-refractivity contribution >= 4 is 10.0 Å². The van der Waals surface area contributed by atoms with Crippen LogP contribution in [0.5, 0.6) is 0 Å². The van der Waals surface area contributed by atoms with E-state index >= 15 is 0 Å². The van der Waals surface area contributed by atoms with E-state index in [2.05, 4.69) is 16.6 Å². The number of sulfonamides is 1. The standard InChI is InChI=1S/C15H21N3O2S/c1-2-12-5-7-13(8-6-12)11-18-21(19,20)15-4-3-9-17-14(15)10-16/h3-4,9,12-13,18H,2,5-8,11H2,1H3. The SMILES string of the molecule is CCC1CCC(CNS(=O)(=O)c2cccnc2C#N)CC1. The van der Waals surface area contributed by atoms with Gasteiger partial charge < -0.3 is 0 Å². The fraction of sp³-hybridized carbons (Fsp3) is 0.600. The van der Waals surface area contributed by atoms with E-state index in [1.807, 2.05) is 6.07 Å². The van der Waals surface area contributed by atoms with E-state index in [4.69, 9.17) is 5.26 Å². The van der Waals surface area contributed by atoms with Crippen molar-refractivity contribution < 1.29 is 8.42 Å². The van der Waals surface area contributed by atoms with Crippen LogP contribution in [-0.2, 0) is 10.0 Å². The second-order valence-electron chi connectivity index (χ2n) is 5.61. The van der Waals surface area contributed by atoms with Crippen LogP contribution in [-0.4, -0.2) is 19.9 Å². The number of nitrogens with one attached hydrogen (secondary N) is 1. The summed E-state index contributed by atoms with van der Waals surface area (Å²) in [7, 11) is -3.66. The molecule has 1 aromatic heterocycles. The van der Waals surface area contributed by atoms with Crippen molar-refractivity contribution in [1.82, 2.24) is 9.71 Å². The summed E-state index contributed by atoms with van der Waals surface area (Å²) >= 11 is 0. The minimum Gasteiger partial charge on any atom is -0.244 e. The molecule has 1 fully saturated rings. The summed E-state index contributed by atoms with van der Waals surface area (Å²) in [6.07, 6.45) is 7.13. The van der Waals surface area contributed by atoms with Gasteiger partial charge in [-0.25, -0.2) is 18.1 Å². The lowest BCUT2D eigenvalue weighted by atomic mass is 9.81. The maximum Gasteiger partial charge on any atom is 0.243 e. The predicted molar refractivity (Wildman–Crippen MR) is 79.9 cm³/mol. The largest absolute Gasteiger partial charge is 0.244 e. The Kier molecular flexibility index (Phi) is 5.32. The summed E-state index contributed by atoms with van der Waals surface area (Å²) in [4.78, 5) is 3.77. The number of aromatic nitrogens is 1. The number of hydrogen-bond acceptors (Lipinski definition) is 4. The van der Waals surface area contributed by atoms with Gasteiger partial charge in [-0.05, 0) is 36.8 Å². The first-order valence-corrected chi connectivity index (χ1v) is 8.90. The van der Waals surface area contributed by atoms with E-state index in [0.29, 0.717) is 12.5 Å². The van der Waals surface area contributed by atoms with Crippen molar-refractivity contribution in [2.75, 3.05) is 6.54 Å². The van der Waals surface area contributed by atoms with Gasteiger partial charge in [0.25, 0.3) is 0 Å². The Balaban J connectivity index is 1.98. The van der Waals surface area contributed by atoms with Crippen molar-refractivity contribution in [2.24, 2.45) is 11.8 Å². The van der Waals surface area contributed by atoms with Gasteiger partial charge in [0.1, 0.15) is 11.0 Å². The summed E-state index contributed by atoms with van der Waals surface area (Å²) < 4.78 is 27.2. The zero-order valence-electron chi connectivity index (χ0n) is 12.2. The van der Waals surface area contributed by atoms with Crippen LogP contribution in [0.15, 0.2) is 23.2 Å². The number of pyridine rings is 1. The molecule has 1 aliphatic carbocycles. The smallest absolute Gasteiger partial charge is 0.243 e. The lowest BCUT2D eigenvalue weighted by molar-refractivity contribution is 0.270. The third kappa shape index (κ3) is 4.02. The average molecular weight is 307 g/mol. The second kappa shape index (κ2) is 7.01. The maximum absolute atomic E-state index is 12.3. The Labute approximate surface area is 126 Å². The van der Waals surface area contributed by atoms with Crippen LogP contribution in [0.4, 0.5) is 0 Å². The summed E-state index contributed by atoms with van der Waals surface area (Å²) in [6.45, 7) is 2.65. The second-order valence-corrected chi connectivity index (χ2v) is 7.34. The summed E-state index contributed by atoms with van der Waals surface area (Å²) in [5.41, 5.74) is -0.0558. The molecule has 0 aliphatic heterocycles. The van der Waals surface area contributed by atoms with Crippen LogP contribution >= 0.6 is 0 Å². The zero-order valence-corrected chi connectivity index (χ0v) is 13.1. The molecule has 0 saturated heterocycles. The van der Waals surface area contributed by atoms with Crippen molar-refractivity contribution in [3.8, 4) is 6.07 Å². The molecular formula is C15H21N3O2S. The van der Waals surface area contributed by atoms with Gasteiger partial charge in [-0.2, -0.15) is 5.26 Å². The van der Waals surface area contributed by atoms with Crippen molar-refractivity contribution in [2.45, 2.75) is 43.9 Å². The van der Waals surface area contributed by atoms with E-state index in [1.54, 1.807) is 0 Å². The maximum atomic E-state index is 12.3. The van der Waals surface area contributed by atoms with E-state index in [9.17, 15) is 8.42 Å². The molecule has 6 heteroatoms. The molecule has 1 aliphatic rings. The van der Waals surface area contributed by atoms with E-state index in [-0.39, 0.29) is 10.6 Å². The summed E-state index contributed by atoms with van der Waals surface area (Å²) in [5.74, 6) is 1.19. The molecule has 5 nitrogen and oxygen atoms in total. The molecule has 0 atom stereocenters. The van der Waals surface area contributed by atoms with Gasteiger partial charge in [0.15, 0.2) is 5.69 Å². The molecule has 0 amide bonds. The highest BCUT2D eigenvalue weighted by Crippen LogP contribution is 2.30. The fourth-order valence-corrected chi connectivity index (χ4v) is 4.06. The van der Waals surface area contributed by atoms with Crippen LogP contribution in [0.3, 0.4) is 0 Å². The van der Waals surface area contributed by atoms with Crippen LogP contribution in [0, 0.1) is 23.2 Å². The molecule has 0 aromatic carbocycles. The monoisotopic (exact) mass is 307 g/mol. The minimum atomic E-state index is -3.66. The van der Waals surface area contributed by atoms with Gasteiger partial charge in [-0.15, -0.1) is 0 Å². The Bertz CT molecular complexity index is 614. The zero-order chi connectivity index (χ0) is 15.3. The quantitative estimate of drug-likeness (QED) is 0.905. The van der Waals surface area contributed by atoms with Crippen LogP contribution < -0.4 is 4.72 Å². The minimum absolute atomic E-state index is 0.0326. The Morgan fingerprint density at radius 2 is 2.00 bits per heavy atom. The van der Waals surface area contributed by atoms with Crippen molar-refractivity contribution in [1.29, 1.82) is 5.26 Å². The summed E-state index contributed by atoms with van der Waals surface area (Å²) in [6, 6.07) is 4.77. The predicted octanol–water partition coefficient (Wildman–Crippen LogP) is 2.45. The number of hydrogen-bond donors (Lipinski definition) is 1. The number of nitriles is 1. The van der Waals surface area contributed by atoms with Gasteiger partial charge in [0, 0.05) is 12.7 Å². The highest BCUT2D eigenvalue weighted by molar-refractivity contribution is 7.89. The van der Waals surface area contributed by atoms with Gasteiger partial charge in [-0.1, -0.05) is 26.2 Å². The molecule has 0 bridgehead atoms. The van der Waals surface area contributed by atoms with Crippen LogP contribution in [0.1, 0.15) is 44.7 Å². The highest BCUT2D eigenvalue weighted by atomic mass is 32.2. The Hall–Kier alpha value is -1.45. The van der Waals surface area contributed by atoms with E-state index in [0.717, 1.165) is 18.8 Å². The first-order valence-electron chi connectivity index (χ1n) is 7.41.